The van der Waals surface area contributed by atoms with E-state index in [-0.39, 0.29) is 18.4 Å². The lowest BCUT2D eigenvalue weighted by Crippen LogP contribution is -2.46. The van der Waals surface area contributed by atoms with E-state index < -0.39 is 0 Å². The Morgan fingerprint density at radius 3 is 2.74 bits per heavy atom. The Bertz CT molecular complexity index is 406. The highest BCUT2D eigenvalue weighted by atomic mass is 16.5. The highest BCUT2D eigenvalue weighted by Gasteiger charge is 2.22. The molecule has 1 aromatic carbocycles. The molecule has 0 bridgehead atoms. The zero-order chi connectivity index (χ0) is 13.7. The number of aliphatic hydroxyl groups excluding tert-OH is 1. The highest BCUT2D eigenvalue weighted by molar-refractivity contribution is 5.42. The molecule has 0 aromatic heterocycles. The van der Waals surface area contributed by atoms with Gasteiger partial charge in [-0.3, -0.25) is 4.90 Å². The number of nitrogens with one attached hydrogen (secondary N) is 1. The summed E-state index contributed by atoms with van der Waals surface area (Å²) >= 11 is 0. The fourth-order valence-electron chi connectivity index (χ4n) is 2.43. The number of nitrogens with zero attached hydrogens (tertiary/aromatic N) is 1. The summed E-state index contributed by atoms with van der Waals surface area (Å²) in [6.45, 7) is 6.16. The van der Waals surface area contributed by atoms with Gasteiger partial charge in [-0.05, 0) is 24.6 Å². The summed E-state index contributed by atoms with van der Waals surface area (Å²) in [5.41, 5.74) is 0.977. The van der Waals surface area contributed by atoms with Crippen LogP contribution in [0.3, 0.4) is 0 Å². The molecular formula is C14H22N2O3. The van der Waals surface area contributed by atoms with Gasteiger partial charge in [-0.25, -0.2) is 0 Å². The van der Waals surface area contributed by atoms with Crippen molar-refractivity contribution in [3.8, 4) is 11.5 Å². The normalized spacial score (nSPS) is 18.2. The average molecular weight is 266 g/mol. The molecule has 0 aliphatic carbocycles. The topological polar surface area (TPSA) is 65.0 Å². The van der Waals surface area contributed by atoms with Gasteiger partial charge in [0.2, 0.25) is 0 Å². The molecule has 5 nitrogen and oxygen atoms in total. The summed E-state index contributed by atoms with van der Waals surface area (Å²) in [6, 6.07) is 5.26. The minimum atomic E-state index is -0.0399. The number of hydrogen-bond donors (Lipinski definition) is 3. The van der Waals surface area contributed by atoms with Gasteiger partial charge < -0.3 is 20.3 Å². The van der Waals surface area contributed by atoms with Gasteiger partial charge in [-0.1, -0.05) is 6.07 Å². The second-order valence-corrected chi connectivity index (χ2v) is 4.64. The number of aliphatic hydroxyl groups is 1. The minimum absolute atomic E-state index is 0.0399. The molecule has 1 aromatic rings. The van der Waals surface area contributed by atoms with Crippen molar-refractivity contribution < 1.29 is 14.9 Å². The van der Waals surface area contributed by atoms with E-state index >= 15 is 0 Å². The van der Waals surface area contributed by atoms with E-state index in [0.29, 0.717) is 12.4 Å². The van der Waals surface area contributed by atoms with Gasteiger partial charge in [0.15, 0.2) is 11.5 Å². The van der Waals surface area contributed by atoms with Gasteiger partial charge in [0.05, 0.1) is 19.3 Å². The van der Waals surface area contributed by atoms with Crippen LogP contribution in [0.5, 0.6) is 11.5 Å². The quantitative estimate of drug-likeness (QED) is 0.733. The first-order valence-electron chi connectivity index (χ1n) is 6.77. The second-order valence-electron chi connectivity index (χ2n) is 4.64. The number of rotatable bonds is 5. The largest absolute Gasteiger partial charge is 0.504 e. The van der Waals surface area contributed by atoms with Crippen molar-refractivity contribution in [2.24, 2.45) is 0 Å². The van der Waals surface area contributed by atoms with E-state index in [4.69, 9.17) is 4.74 Å². The van der Waals surface area contributed by atoms with E-state index in [2.05, 4.69) is 10.2 Å². The van der Waals surface area contributed by atoms with E-state index in [1.165, 1.54) is 0 Å². The van der Waals surface area contributed by atoms with Gasteiger partial charge in [0.1, 0.15) is 0 Å². The highest BCUT2D eigenvalue weighted by Crippen LogP contribution is 2.31. The van der Waals surface area contributed by atoms with Crippen LogP contribution < -0.4 is 10.1 Å². The molecular weight excluding hydrogens is 244 g/mol. The molecule has 1 aliphatic heterocycles. The van der Waals surface area contributed by atoms with Gasteiger partial charge in [0, 0.05) is 26.2 Å². The molecule has 106 valence electrons. The lowest BCUT2D eigenvalue weighted by atomic mass is 10.0. The van der Waals surface area contributed by atoms with Gasteiger partial charge in [0.25, 0.3) is 0 Å². The van der Waals surface area contributed by atoms with Crippen molar-refractivity contribution in [1.29, 1.82) is 0 Å². The van der Waals surface area contributed by atoms with Crippen molar-refractivity contribution >= 4 is 0 Å². The van der Waals surface area contributed by atoms with Crippen LogP contribution in [0.2, 0.25) is 0 Å². The maximum atomic E-state index is 9.72. The third kappa shape index (κ3) is 3.37. The van der Waals surface area contributed by atoms with Crippen LogP contribution in [0.1, 0.15) is 18.5 Å². The molecule has 1 saturated heterocycles. The lowest BCUT2D eigenvalue weighted by molar-refractivity contribution is 0.110. The molecule has 5 heteroatoms. The summed E-state index contributed by atoms with van der Waals surface area (Å²) in [7, 11) is 0. The van der Waals surface area contributed by atoms with Crippen molar-refractivity contribution in [2.45, 2.75) is 13.0 Å². The molecule has 0 spiro atoms. The second kappa shape index (κ2) is 6.75. The standard InChI is InChI=1S/C14H22N2O3/c1-2-19-14-9-11(3-4-13(14)18)12(10-17)16-7-5-15-6-8-16/h3-4,9,12,15,17-18H,2,5-8,10H2,1H3/t12-/m1/s1. The third-order valence-corrected chi connectivity index (χ3v) is 3.43. The van der Waals surface area contributed by atoms with Crippen LogP contribution >= 0.6 is 0 Å². The lowest BCUT2D eigenvalue weighted by Gasteiger charge is -2.34. The fraction of sp³-hybridized carbons (Fsp3) is 0.571. The van der Waals surface area contributed by atoms with Crippen molar-refractivity contribution in [3.63, 3.8) is 0 Å². The zero-order valence-electron chi connectivity index (χ0n) is 11.3. The summed E-state index contributed by atoms with van der Waals surface area (Å²) in [5, 5.41) is 22.7. The van der Waals surface area contributed by atoms with E-state index in [9.17, 15) is 10.2 Å². The molecule has 0 amide bonds. The Labute approximate surface area is 113 Å². The van der Waals surface area contributed by atoms with Crippen molar-refractivity contribution in [1.82, 2.24) is 10.2 Å². The molecule has 0 saturated carbocycles. The van der Waals surface area contributed by atoms with Crippen LogP contribution in [-0.4, -0.2) is 54.5 Å². The molecule has 19 heavy (non-hydrogen) atoms. The molecule has 0 radical (unpaired) electrons. The van der Waals surface area contributed by atoms with Crippen molar-refractivity contribution in [2.75, 3.05) is 39.4 Å². The van der Waals surface area contributed by atoms with Crippen LogP contribution in [0.25, 0.3) is 0 Å². The number of phenolic OH excluding ortho intramolecular Hbond substituents is 1. The Kier molecular flexibility index (Phi) is 5.01. The first-order chi connectivity index (χ1) is 9.26. The minimum Gasteiger partial charge on any atom is -0.504 e. The Morgan fingerprint density at radius 1 is 1.37 bits per heavy atom. The van der Waals surface area contributed by atoms with Gasteiger partial charge in [-0.2, -0.15) is 0 Å². The van der Waals surface area contributed by atoms with Crippen LogP contribution in [0.15, 0.2) is 18.2 Å². The number of hydrogen-bond acceptors (Lipinski definition) is 5. The number of benzene rings is 1. The zero-order valence-corrected chi connectivity index (χ0v) is 11.3. The van der Waals surface area contributed by atoms with Gasteiger partial charge >= 0.3 is 0 Å². The summed E-state index contributed by atoms with van der Waals surface area (Å²) in [6.07, 6.45) is 0. The maximum absolute atomic E-state index is 9.72. The molecule has 0 unspecified atom stereocenters. The predicted octanol–water partition coefficient (Wildman–Crippen LogP) is 0.729. The molecule has 1 aliphatic rings. The molecule has 3 N–H and O–H groups in total. The average Bonchev–Trinajstić information content (AvgIpc) is 2.44. The predicted molar refractivity (Wildman–Crippen MR) is 73.5 cm³/mol. The SMILES string of the molecule is CCOc1cc([C@@H](CO)N2CCNCC2)ccc1O. The summed E-state index contributed by atoms with van der Waals surface area (Å²) in [5.74, 6) is 0.621. The van der Waals surface area contributed by atoms with E-state index in [1.54, 1.807) is 6.07 Å². The van der Waals surface area contributed by atoms with Crippen LogP contribution in [0, 0.1) is 0 Å². The maximum Gasteiger partial charge on any atom is 0.161 e. The number of phenols is 1. The smallest absolute Gasteiger partial charge is 0.161 e. The third-order valence-electron chi connectivity index (χ3n) is 3.43. The molecule has 1 fully saturated rings. The number of piperazine rings is 1. The summed E-state index contributed by atoms with van der Waals surface area (Å²) in [4.78, 5) is 2.25. The molecule has 2 rings (SSSR count). The van der Waals surface area contributed by atoms with Crippen LogP contribution in [-0.2, 0) is 0 Å². The fourth-order valence-corrected chi connectivity index (χ4v) is 2.43. The van der Waals surface area contributed by atoms with Crippen molar-refractivity contribution in [3.05, 3.63) is 23.8 Å². The first kappa shape index (κ1) is 14.1. The molecule has 1 heterocycles. The van der Waals surface area contributed by atoms with Gasteiger partial charge in [-0.15, -0.1) is 0 Å². The number of aromatic hydroxyl groups is 1. The van der Waals surface area contributed by atoms with Crippen LogP contribution in [0.4, 0.5) is 0 Å². The number of ether oxygens (including phenoxy) is 1. The first-order valence-corrected chi connectivity index (χ1v) is 6.77. The Morgan fingerprint density at radius 2 is 2.11 bits per heavy atom. The monoisotopic (exact) mass is 266 g/mol. The Hall–Kier alpha value is -1.30. The molecule has 1 atom stereocenters. The van der Waals surface area contributed by atoms with E-state index in [1.807, 2.05) is 19.1 Å². The van der Waals surface area contributed by atoms with E-state index in [0.717, 1.165) is 31.7 Å². The summed E-state index contributed by atoms with van der Waals surface area (Å²) < 4.78 is 5.40. The Balaban J connectivity index is 2.19.